The highest BCUT2D eigenvalue weighted by molar-refractivity contribution is 5.72. The summed E-state index contributed by atoms with van der Waals surface area (Å²) in [5.74, 6) is 0.472. The van der Waals surface area contributed by atoms with Crippen LogP contribution in [0.15, 0.2) is 24.3 Å². The van der Waals surface area contributed by atoms with Crippen LogP contribution in [0.3, 0.4) is 0 Å². The zero-order valence-electron chi connectivity index (χ0n) is 13.8. The second kappa shape index (κ2) is 9.98. The molecule has 22 heavy (non-hydrogen) atoms. The molecule has 0 amide bonds. The minimum atomic E-state index is -0.260. The van der Waals surface area contributed by atoms with E-state index in [1.807, 2.05) is 32.0 Å². The minimum absolute atomic E-state index is 0.197. The van der Waals surface area contributed by atoms with Gasteiger partial charge in [-0.15, -0.1) is 0 Å². The molecule has 0 radical (unpaired) electrons. The molecule has 0 aliphatic rings. The number of aryl methyl sites for hydroxylation is 1. The second-order valence-corrected chi connectivity index (χ2v) is 5.76. The number of carbonyl (C=O) groups excluding carboxylic acids is 2. The van der Waals surface area contributed by atoms with E-state index in [0.717, 1.165) is 12.0 Å². The standard InChI is InChI=1S/C18H26O4/c1-4-15-8-7-9-16(12-15)22-18(20)11-6-5-10-17(19)21-13-14(2)3/h7-9,12,14H,4-6,10-11,13H2,1-3H3. The molecule has 0 saturated heterocycles. The summed E-state index contributed by atoms with van der Waals surface area (Å²) in [6.07, 6.45) is 2.84. The highest BCUT2D eigenvalue weighted by atomic mass is 16.5. The predicted molar refractivity (Wildman–Crippen MR) is 85.7 cm³/mol. The van der Waals surface area contributed by atoms with E-state index < -0.39 is 0 Å². The Morgan fingerprint density at radius 3 is 2.41 bits per heavy atom. The van der Waals surface area contributed by atoms with E-state index in [9.17, 15) is 9.59 Å². The first-order valence-corrected chi connectivity index (χ1v) is 7.96. The predicted octanol–water partition coefficient (Wildman–Crippen LogP) is 3.91. The molecule has 0 N–H and O–H groups in total. The number of ether oxygens (including phenoxy) is 2. The van der Waals surface area contributed by atoms with Gasteiger partial charge >= 0.3 is 11.9 Å². The van der Waals surface area contributed by atoms with E-state index in [1.165, 1.54) is 0 Å². The highest BCUT2D eigenvalue weighted by Crippen LogP contribution is 2.15. The number of benzene rings is 1. The number of unbranched alkanes of at least 4 members (excludes halogenated alkanes) is 1. The summed E-state index contributed by atoms with van der Waals surface area (Å²) in [5, 5.41) is 0. The molecule has 0 spiro atoms. The van der Waals surface area contributed by atoms with Gasteiger partial charge in [-0.25, -0.2) is 0 Å². The molecule has 0 aliphatic carbocycles. The van der Waals surface area contributed by atoms with Crippen molar-refractivity contribution in [3.05, 3.63) is 29.8 Å². The van der Waals surface area contributed by atoms with Crippen LogP contribution in [0.5, 0.6) is 5.75 Å². The molecule has 1 rings (SSSR count). The van der Waals surface area contributed by atoms with Crippen molar-refractivity contribution in [3.63, 3.8) is 0 Å². The van der Waals surface area contributed by atoms with Crippen molar-refractivity contribution in [2.45, 2.75) is 52.9 Å². The van der Waals surface area contributed by atoms with Crippen LogP contribution in [-0.2, 0) is 20.7 Å². The summed E-state index contributed by atoms with van der Waals surface area (Å²) in [6, 6.07) is 7.54. The molecular formula is C18H26O4. The van der Waals surface area contributed by atoms with Crippen LogP contribution in [0.25, 0.3) is 0 Å². The third-order valence-electron chi connectivity index (χ3n) is 3.13. The van der Waals surface area contributed by atoms with Crippen LogP contribution in [0.4, 0.5) is 0 Å². The first-order valence-electron chi connectivity index (χ1n) is 7.96. The molecule has 1 aromatic carbocycles. The number of hydrogen-bond donors (Lipinski definition) is 0. The van der Waals surface area contributed by atoms with Crippen LogP contribution in [0.2, 0.25) is 0 Å². The van der Waals surface area contributed by atoms with Gasteiger partial charge in [-0.1, -0.05) is 32.9 Å². The van der Waals surface area contributed by atoms with Gasteiger partial charge in [-0.3, -0.25) is 9.59 Å². The van der Waals surface area contributed by atoms with Crippen molar-refractivity contribution >= 4 is 11.9 Å². The fraction of sp³-hybridized carbons (Fsp3) is 0.556. The smallest absolute Gasteiger partial charge is 0.311 e. The van der Waals surface area contributed by atoms with Gasteiger partial charge in [0.05, 0.1) is 6.61 Å². The molecule has 4 nitrogen and oxygen atoms in total. The van der Waals surface area contributed by atoms with Crippen molar-refractivity contribution < 1.29 is 19.1 Å². The summed E-state index contributed by atoms with van der Waals surface area (Å²) < 4.78 is 10.4. The first kappa shape index (κ1) is 18.2. The first-order chi connectivity index (χ1) is 10.5. The molecule has 0 aliphatic heterocycles. The van der Waals surface area contributed by atoms with Gasteiger partial charge in [0, 0.05) is 12.8 Å². The largest absolute Gasteiger partial charge is 0.465 e. The molecule has 122 valence electrons. The SMILES string of the molecule is CCc1cccc(OC(=O)CCCCC(=O)OCC(C)C)c1. The Bertz CT molecular complexity index is 480. The fourth-order valence-corrected chi connectivity index (χ4v) is 1.88. The minimum Gasteiger partial charge on any atom is -0.465 e. The summed E-state index contributed by atoms with van der Waals surface area (Å²) in [6.45, 7) is 6.50. The number of esters is 2. The van der Waals surface area contributed by atoms with Crippen molar-refractivity contribution in [2.24, 2.45) is 5.92 Å². The lowest BCUT2D eigenvalue weighted by Crippen LogP contribution is -2.11. The molecular weight excluding hydrogens is 280 g/mol. The van der Waals surface area contributed by atoms with Gasteiger partial charge in [0.25, 0.3) is 0 Å². The van der Waals surface area contributed by atoms with E-state index in [-0.39, 0.29) is 11.9 Å². The number of hydrogen-bond acceptors (Lipinski definition) is 4. The molecule has 0 fully saturated rings. The Morgan fingerprint density at radius 1 is 1.09 bits per heavy atom. The lowest BCUT2D eigenvalue weighted by molar-refractivity contribution is -0.145. The molecule has 4 heteroatoms. The Kier molecular flexibility index (Phi) is 8.26. The summed E-state index contributed by atoms with van der Waals surface area (Å²) >= 11 is 0. The topological polar surface area (TPSA) is 52.6 Å². The molecule has 0 bridgehead atoms. The van der Waals surface area contributed by atoms with E-state index in [4.69, 9.17) is 9.47 Å². The zero-order chi connectivity index (χ0) is 16.4. The monoisotopic (exact) mass is 306 g/mol. The maximum Gasteiger partial charge on any atom is 0.311 e. The second-order valence-electron chi connectivity index (χ2n) is 5.76. The molecule has 1 aromatic rings. The Labute approximate surface area is 132 Å². The Morgan fingerprint density at radius 2 is 1.77 bits per heavy atom. The van der Waals surface area contributed by atoms with Crippen LogP contribution in [0.1, 0.15) is 52.0 Å². The summed E-state index contributed by atoms with van der Waals surface area (Å²) in [4.78, 5) is 23.1. The Hall–Kier alpha value is -1.84. The van der Waals surface area contributed by atoms with Gasteiger partial charge in [0.2, 0.25) is 0 Å². The third-order valence-corrected chi connectivity index (χ3v) is 3.13. The van der Waals surface area contributed by atoms with Crippen molar-refractivity contribution in [3.8, 4) is 5.75 Å². The lowest BCUT2D eigenvalue weighted by Gasteiger charge is -2.07. The van der Waals surface area contributed by atoms with Crippen molar-refractivity contribution in [1.29, 1.82) is 0 Å². The molecule has 0 saturated carbocycles. The number of carbonyl (C=O) groups is 2. The Balaban J connectivity index is 2.19. The van der Waals surface area contributed by atoms with Crippen LogP contribution < -0.4 is 4.74 Å². The van der Waals surface area contributed by atoms with Crippen molar-refractivity contribution in [2.75, 3.05) is 6.61 Å². The van der Waals surface area contributed by atoms with E-state index in [1.54, 1.807) is 6.07 Å². The molecule has 0 aromatic heterocycles. The van der Waals surface area contributed by atoms with Crippen LogP contribution >= 0.6 is 0 Å². The lowest BCUT2D eigenvalue weighted by atomic mass is 10.1. The summed E-state index contributed by atoms with van der Waals surface area (Å²) in [7, 11) is 0. The van der Waals surface area contributed by atoms with Gasteiger partial charge in [-0.2, -0.15) is 0 Å². The van der Waals surface area contributed by atoms with Gasteiger partial charge in [0.15, 0.2) is 0 Å². The maximum atomic E-state index is 11.7. The van der Waals surface area contributed by atoms with E-state index >= 15 is 0 Å². The van der Waals surface area contributed by atoms with Gasteiger partial charge < -0.3 is 9.47 Å². The highest BCUT2D eigenvalue weighted by Gasteiger charge is 2.08. The normalized spacial score (nSPS) is 10.5. The molecule has 0 heterocycles. The fourth-order valence-electron chi connectivity index (χ4n) is 1.88. The average Bonchev–Trinajstić information content (AvgIpc) is 2.49. The molecule has 0 unspecified atom stereocenters. The van der Waals surface area contributed by atoms with Crippen LogP contribution in [-0.4, -0.2) is 18.5 Å². The quantitative estimate of drug-likeness (QED) is 0.394. The average molecular weight is 306 g/mol. The summed E-state index contributed by atoms with van der Waals surface area (Å²) in [5.41, 5.74) is 1.14. The van der Waals surface area contributed by atoms with Crippen LogP contribution in [0, 0.1) is 5.92 Å². The van der Waals surface area contributed by atoms with Gasteiger partial charge in [0.1, 0.15) is 5.75 Å². The van der Waals surface area contributed by atoms with Gasteiger partial charge in [-0.05, 0) is 42.9 Å². The molecule has 0 atom stereocenters. The number of rotatable bonds is 9. The van der Waals surface area contributed by atoms with Crippen molar-refractivity contribution in [1.82, 2.24) is 0 Å². The van der Waals surface area contributed by atoms with E-state index in [2.05, 4.69) is 6.92 Å². The van der Waals surface area contributed by atoms with E-state index in [0.29, 0.717) is 44.0 Å². The zero-order valence-corrected chi connectivity index (χ0v) is 13.8. The third kappa shape index (κ3) is 7.81. The maximum absolute atomic E-state index is 11.7.